The maximum atomic E-state index is 14.3. The van der Waals surface area contributed by atoms with Gasteiger partial charge in [-0.1, -0.05) is 26.8 Å². The summed E-state index contributed by atoms with van der Waals surface area (Å²) < 4.78 is 29.9. The van der Waals surface area contributed by atoms with Gasteiger partial charge >= 0.3 is 0 Å². The maximum Gasteiger partial charge on any atom is 0.252 e. The zero-order valence-corrected chi connectivity index (χ0v) is 18.8. The van der Waals surface area contributed by atoms with Crippen LogP contribution in [0.5, 0.6) is 0 Å². The van der Waals surface area contributed by atoms with E-state index in [0.717, 1.165) is 5.56 Å². The molecule has 1 unspecified atom stereocenters. The lowest BCUT2D eigenvalue weighted by Gasteiger charge is -2.18. The molecule has 0 aliphatic carbocycles. The molecule has 0 aliphatic heterocycles. The Morgan fingerprint density at radius 2 is 1.76 bits per heavy atom. The van der Waals surface area contributed by atoms with Gasteiger partial charge in [-0.25, -0.2) is 23.7 Å². The van der Waals surface area contributed by atoms with Crippen LogP contribution in [0.4, 0.5) is 8.78 Å². The van der Waals surface area contributed by atoms with Crippen molar-refractivity contribution in [3.8, 4) is 17.2 Å². The molecule has 1 aromatic carbocycles. The predicted octanol–water partition coefficient (Wildman–Crippen LogP) is 3.09. The molecule has 0 bridgehead atoms. The van der Waals surface area contributed by atoms with Gasteiger partial charge in [-0.05, 0) is 35.7 Å². The summed E-state index contributed by atoms with van der Waals surface area (Å²) in [5, 5.41) is 31.4. The Labute approximate surface area is 194 Å². The van der Waals surface area contributed by atoms with Crippen molar-refractivity contribution in [1.29, 1.82) is 0 Å². The van der Waals surface area contributed by atoms with Crippen molar-refractivity contribution in [3.63, 3.8) is 0 Å². The Morgan fingerprint density at radius 1 is 1.03 bits per heavy atom. The van der Waals surface area contributed by atoms with E-state index in [1.807, 2.05) is 20.8 Å². The van der Waals surface area contributed by atoms with E-state index in [2.05, 4.69) is 30.2 Å². The minimum atomic E-state index is -1.20. The summed E-state index contributed by atoms with van der Waals surface area (Å²) in [6, 6.07) is 7.06. The van der Waals surface area contributed by atoms with Gasteiger partial charge in [-0.15, -0.1) is 5.10 Å². The van der Waals surface area contributed by atoms with Crippen molar-refractivity contribution in [2.45, 2.75) is 38.7 Å². The molecular formula is C23H23F2N7O2. The summed E-state index contributed by atoms with van der Waals surface area (Å²) >= 11 is 0. The molecule has 0 radical (unpaired) electrons. The van der Waals surface area contributed by atoms with Gasteiger partial charge in [0.25, 0.3) is 5.95 Å². The molecule has 34 heavy (non-hydrogen) atoms. The lowest BCUT2D eigenvalue weighted by atomic mass is 9.92. The molecule has 0 fully saturated rings. The third-order valence-electron chi connectivity index (χ3n) is 5.40. The molecule has 3 heterocycles. The lowest BCUT2D eigenvalue weighted by molar-refractivity contribution is 0.0886. The van der Waals surface area contributed by atoms with Crippen molar-refractivity contribution in [2.24, 2.45) is 0 Å². The van der Waals surface area contributed by atoms with Gasteiger partial charge in [-0.3, -0.25) is 0 Å². The lowest BCUT2D eigenvalue weighted by Crippen LogP contribution is -2.12. The number of hydrogen-bond acceptors (Lipinski definition) is 8. The normalized spacial score (nSPS) is 13.3. The van der Waals surface area contributed by atoms with Gasteiger partial charge in [0.05, 0.1) is 29.3 Å². The van der Waals surface area contributed by atoms with Gasteiger partial charge in [-0.2, -0.15) is 14.9 Å². The second-order valence-corrected chi connectivity index (χ2v) is 8.07. The van der Waals surface area contributed by atoms with E-state index >= 15 is 0 Å². The third kappa shape index (κ3) is 4.52. The molecule has 2 N–H and O–H groups in total. The number of benzene rings is 1. The quantitative estimate of drug-likeness (QED) is 0.425. The SMILES string of the molecule is CC(C)c1cc(-c2c(F)cccc2F)nnc1C(C)c1ccnc(-n2cnc([C@@H](O)CO)n2)n1. The summed E-state index contributed by atoms with van der Waals surface area (Å²) in [6.07, 6.45) is 1.70. The van der Waals surface area contributed by atoms with Crippen LogP contribution in [-0.4, -0.2) is 51.7 Å². The van der Waals surface area contributed by atoms with E-state index < -0.39 is 24.3 Å². The molecule has 0 saturated carbocycles. The highest BCUT2D eigenvalue weighted by Crippen LogP contribution is 2.32. The van der Waals surface area contributed by atoms with Crippen LogP contribution in [0.2, 0.25) is 0 Å². The second-order valence-electron chi connectivity index (χ2n) is 8.07. The average molecular weight is 467 g/mol. The van der Waals surface area contributed by atoms with E-state index in [0.29, 0.717) is 11.4 Å². The maximum absolute atomic E-state index is 14.3. The fraction of sp³-hybridized carbons (Fsp3) is 0.304. The fourth-order valence-electron chi connectivity index (χ4n) is 3.54. The van der Waals surface area contributed by atoms with Crippen LogP contribution < -0.4 is 0 Å². The van der Waals surface area contributed by atoms with E-state index in [1.54, 1.807) is 18.3 Å². The van der Waals surface area contributed by atoms with Crippen LogP contribution in [-0.2, 0) is 0 Å². The number of hydrogen-bond donors (Lipinski definition) is 2. The van der Waals surface area contributed by atoms with Crippen LogP contribution >= 0.6 is 0 Å². The standard InChI is InChI=1S/C23H23F2N7O2/c1-12(2)14-9-18(20-15(24)5-4-6-16(20)25)29-30-21(14)13(3)17-7-8-26-23(28-17)32-11-27-22(31-32)19(34)10-33/h4-9,11-13,19,33-34H,10H2,1-3H3/t13?,19-/m0/s1. The molecule has 9 nitrogen and oxygen atoms in total. The fourth-order valence-corrected chi connectivity index (χ4v) is 3.54. The first kappa shape index (κ1) is 23.5. The molecule has 176 valence electrons. The molecular weight excluding hydrogens is 444 g/mol. The highest BCUT2D eigenvalue weighted by molar-refractivity contribution is 5.61. The van der Waals surface area contributed by atoms with Gasteiger partial charge in [0.2, 0.25) is 0 Å². The van der Waals surface area contributed by atoms with Crippen LogP contribution in [0.15, 0.2) is 42.9 Å². The van der Waals surface area contributed by atoms with Gasteiger partial charge in [0.15, 0.2) is 5.82 Å². The number of aliphatic hydroxyl groups is 2. The van der Waals surface area contributed by atoms with E-state index in [-0.39, 0.29) is 34.9 Å². The van der Waals surface area contributed by atoms with E-state index in [9.17, 15) is 13.9 Å². The van der Waals surface area contributed by atoms with Crippen molar-refractivity contribution in [3.05, 3.63) is 77.3 Å². The predicted molar refractivity (Wildman–Crippen MR) is 118 cm³/mol. The van der Waals surface area contributed by atoms with Crippen molar-refractivity contribution >= 4 is 0 Å². The molecule has 3 aromatic heterocycles. The Hall–Kier alpha value is -3.70. The second kappa shape index (κ2) is 9.65. The summed E-state index contributed by atoms with van der Waals surface area (Å²) in [5.74, 6) is -1.46. The molecule has 11 heteroatoms. The van der Waals surface area contributed by atoms with Gasteiger partial charge < -0.3 is 10.2 Å². The zero-order chi connectivity index (χ0) is 24.4. The van der Waals surface area contributed by atoms with Gasteiger partial charge in [0.1, 0.15) is 24.1 Å². The largest absolute Gasteiger partial charge is 0.393 e. The number of aliphatic hydroxyl groups excluding tert-OH is 2. The molecule has 0 amide bonds. The number of halogens is 2. The number of nitrogens with zero attached hydrogens (tertiary/aromatic N) is 7. The molecule has 4 rings (SSSR count). The van der Waals surface area contributed by atoms with E-state index in [4.69, 9.17) is 5.11 Å². The first-order valence-electron chi connectivity index (χ1n) is 10.7. The Bertz CT molecular complexity index is 1290. The molecule has 0 aliphatic rings. The summed E-state index contributed by atoms with van der Waals surface area (Å²) in [7, 11) is 0. The summed E-state index contributed by atoms with van der Waals surface area (Å²) in [4.78, 5) is 12.7. The van der Waals surface area contributed by atoms with E-state index in [1.165, 1.54) is 29.2 Å². The highest BCUT2D eigenvalue weighted by Gasteiger charge is 2.22. The van der Waals surface area contributed by atoms with Crippen molar-refractivity contribution < 1.29 is 19.0 Å². The smallest absolute Gasteiger partial charge is 0.252 e. The van der Waals surface area contributed by atoms with Crippen LogP contribution in [0.25, 0.3) is 17.2 Å². The molecule has 2 atom stereocenters. The topological polar surface area (TPSA) is 123 Å². The Kier molecular flexibility index (Phi) is 6.66. The van der Waals surface area contributed by atoms with Crippen LogP contribution in [0, 0.1) is 11.6 Å². The van der Waals surface area contributed by atoms with Crippen molar-refractivity contribution in [2.75, 3.05) is 6.61 Å². The molecule has 4 aromatic rings. The first-order chi connectivity index (χ1) is 16.3. The number of rotatable bonds is 7. The zero-order valence-electron chi connectivity index (χ0n) is 18.8. The average Bonchev–Trinajstić information content (AvgIpc) is 3.33. The van der Waals surface area contributed by atoms with Gasteiger partial charge in [0, 0.05) is 12.1 Å². The van der Waals surface area contributed by atoms with Crippen LogP contribution in [0.1, 0.15) is 61.5 Å². The molecule has 0 saturated heterocycles. The highest BCUT2D eigenvalue weighted by atomic mass is 19.1. The van der Waals surface area contributed by atoms with Crippen molar-refractivity contribution in [1.82, 2.24) is 34.9 Å². The minimum absolute atomic E-state index is 0.000635. The molecule has 0 spiro atoms. The first-order valence-corrected chi connectivity index (χ1v) is 10.7. The monoisotopic (exact) mass is 467 g/mol. The summed E-state index contributed by atoms with van der Waals surface area (Å²) in [6.45, 7) is 5.31. The third-order valence-corrected chi connectivity index (χ3v) is 5.40. The minimum Gasteiger partial charge on any atom is -0.393 e. The summed E-state index contributed by atoms with van der Waals surface area (Å²) in [5.41, 5.74) is 1.93. The Morgan fingerprint density at radius 3 is 2.44 bits per heavy atom. The van der Waals surface area contributed by atoms with Crippen LogP contribution in [0.3, 0.4) is 0 Å². The Balaban J connectivity index is 1.71. The number of aromatic nitrogens is 7.